The Morgan fingerprint density at radius 1 is 1.35 bits per heavy atom. The number of aromatic nitrogens is 1. The molecule has 0 spiro atoms. The molecule has 2 atom stereocenters. The van der Waals surface area contributed by atoms with Crippen molar-refractivity contribution in [1.29, 1.82) is 0 Å². The fourth-order valence-corrected chi connectivity index (χ4v) is 3.36. The van der Waals surface area contributed by atoms with Gasteiger partial charge in [0.15, 0.2) is 0 Å². The minimum Gasteiger partial charge on any atom is -0.313 e. The normalized spacial score (nSPS) is 18.9. The lowest BCUT2D eigenvalue weighted by atomic mass is 9.94. The maximum atomic E-state index is 6.45. The minimum absolute atomic E-state index is 0.269. The molecule has 0 radical (unpaired) electrons. The average molecular weight is 287 g/mol. The molecule has 1 heterocycles. The van der Waals surface area contributed by atoms with Gasteiger partial charge in [0.2, 0.25) is 0 Å². The molecule has 2 aromatic rings. The van der Waals surface area contributed by atoms with Gasteiger partial charge in [0.1, 0.15) is 0 Å². The van der Waals surface area contributed by atoms with E-state index < -0.39 is 0 Å². The van der Waals surface area contributed by atoms with Crippen molar-refractivity contribution in [2.45, 2.75) is 31.7 Å². The summed E-state index contributed by atoms with van der Waals surface area (Å²) in [6, 6.07) is 10.9. The van der Waals surface area contributed by atoms with E-state index in [2.05, 4.69) is 41.5 Å². The van der Waals surface area contributed by atoms with E-state index in [1.165, 1.54) is 16.8 Å². The highest BCUT2D eigenvalue weighted by Crippen LogP contribution is 2.38. The summed E-state index contributed by atoms with van der Waals surface area (Å²) in [5.41, 5.74) is 5.02. The van der Waals surface area contributed by atoms with Crippen molar-refractivity contribution in [2.75, 3.05) is 7.05 Å². The Kier molecular flexibility index (Phi) is 3.77. The number of hydrogen-bond donors (Lipinski definition) is 1. The van der Waals surface area contributed by atoms with E-state index in [0.29, 0.717) is 5.92 Å². The summed E-state index contributed by atoms with van der Waals surface area (Å²) in [6.45, 7) is 2.12. The van der Waals surface area contributed by atoms with E-state index in [1.807, 2.05) is 19.3 Å². The number of nitrogens with one attached hydrogen (secondary N) is 1. The number of aryl methyl sites for hydroxylation is 1. The molecule has 3 heteroatoms. The number of benzene rings is 1. The number of hydrogen-bond acceptors (Lipinski definition) is 2. The Hall–Kier alpha value is -1.38. The lowest BCUT2D eigenvalue weighted by molar-refractivity contribution is 0.651. The van der Waals surface area contributed by atoms with Crippen molar-refractivity contribution in [2.24, 2.45) is 0 Å². The first-order chi connectivity index (χ1) is 9.70. The Bertz CT molecular complexity index is 624. The first kappa shape index (κ1) is 13.6. The molecule has 1 N–H and O–H groups in total. The van der Waals surface area contributed by atoms with Crippen LogP contribution in [-0.2, 0) is 6.42 Å². The SMILES string of the molecule is CNC(C)c1ccc(C2CCc3cccnc32)cc1Cl. The maximum absolute atomic E-state index is 6.45. The van der Waals surface area contributed by atoms with Gasteiger partial charge in [0.25, 0.3) is 0 Å². The molecule has 0 bridgehead atoms. The lowest BCUT2D eigenvalue weighted by Gasteiger charge is -2.16. The molecule has 1 aliphatic rings. The molecule has 1 aromatic heterocycles. The molecule has 0 aliphatic heterocycles. The molecule has 0 saturated heterocycles. The van der Waals surface area contributed by atoms with Gasteiger partial charge in [-0.1, -0.05) is 29.8 Å². The second-order valence-electron chi connectivity index (χ2n) is 5.43. The molecule has 0 amide bonds. The summed E-state index contributed by atoms with van der Waals surface area (Å²) < 4.78 is 0. The van der Waals surface area contributed by atoms with Crippen LogP contribution in [0.15, 0.2) is 36.5 Å². The summed E-state index contributed by atoms with van der Waals surface area (Å²) in [6.07, 6.45) is 4.12. The largest absolute Gasteiger partial charge is 0.313 e. The third kappa shape index (κ3) is 2.34. The van der Waals surface area contributed by atoms with Gasteiger partial charge in [-0.25, -0.2) is 0 Å². The molecule has 2 unspecified atom stereocenters. The van der Waals surface area contributed by atoms with Gasteiger partial charge >= 0.3 is 0 Å². The Morgan fingerprint density at radius 3 is 2.95 bits per heavy atom. The number of rotatable bonds is 3. The van der Waals surface area contributed by atoms with Gasteiger partial charge in [-0.05, 0) is 55.6 Å². The highest BCUT2D eigenvalue weighted by atomic mass is 35.5. The van der Waals surface area contributed by atoms with Crippen molar-refractivity contribution in [3.05, 3.63) is 63.9 Å². The van der Waals surface area contributed by atoms with Crippen LogP contribution in [0.2, 0.25) is 5.02 Å². The third-order valence-corrected chi connectivity index (χ3v) is 4.61. The zero-order chi connectivity index (χ0) is 14.1. The second kappa shape index (κ2) is 5.55. The van der Waals surface area contributed by atoms with Crippen molar-refractivity contribution < 1.29 is 0 Å². The highest BCUT2D eigenvalue weighted by molar-refractivity contribution is 6.31. The number of nitrogens with zero attached hydrogens (tertiary/aromatic N) is 1. The van der Waals surface area contributed by atoms with Crippen molar-refractivity contribution in [3.63, 3.8) is 0 Å². The molecule has 2 nitrogen and oxygen atoms in total. The Balaban J connectivity index is 1.95. The number of halogens is 1. The van der Waals surface area contributed by atoms with Crippen molar-refractivity contribution >= 4 is 11.6 Å². The van der Waals surface area contributed by atoms with Gasteiger partial charge in [-0.2, -0.15) is 0 Å². The van der Waals surface area contributed by atoms with Crippen LogP contribution in [0.3, 0.4) is 0 Å². The molecule has 0 saturated carbocycles. The van der Waals surface area contributed by atoms with Crippen LogP contribution in [0, 0.1) is 0 Å². The van der Waals surface area contributed by atoms with Gasteiger partial charge in [0.05, 0.1) is 5.69 Å². The van der Waals surface area contributed by atoms with Crippen molar-refractivity contribution in [3.8, 4) is 0 Å². The third-order valence-electron chi connectivity index (χ3n) is 4.28. The lowest BCUT2D eigenvalue weighted by Crippen LogP contribution is -2.13. The van der Waals surface area contributed by atoms with E-state index in [-0.39, 0.29) is 6.04 Å². The van der Waals surface area contributed by atoms with Crippen LogP contribution in [-0.4, -0.2) is 12.0 Å². The molecule has 1 aromatic carbocycles. The Morgan fingerprint density at radius 2 is 2.20 bits per heavy atom. The second-order valence-corrected chi connectivity index (χ2v) is 5.84. The summed E-state index contributed by atoms with van der Waals surface area (Å²) in [5, 5.41) is 4.07. The van der Waals surface area contributed by atoms with Gasteiger partial charge in [0, 0.05) is 23.2 Å². The van der Waals surface area contributed by atoms with Gasteiger partial charge in [-0.15, -0.1) is 0 Å². The average Bonchev–Trinajstić information content (AvgIpc) is 2.90. The van der Waals surface area contributed by atoms with Gasteiger partial charge < -0.3 is 5.32 Å². The smallest absolute Gasteiger partial charge is 0.0510 e. The monoisotopic (exact) mass is 286 g/mol. The molecule has 3 rings (SSSR count). The first-order valence-electron chi connectivity index (χ1n) is 7.11. The molecule has 104 valence electrons. The fraction of sp³-hybridized carbons (Fsp3) is 0.353. The predicted molar refractivity (Wildman–Crippen MR) is 83.3 cm³/mol. The summed E-state index contributed by atoms with van der Waals surface area (Å²) >= 11 is 6.45. The molecular weight excluding hydrogens is 268 g/mol. The zero-order valence-corrected chi connectivity index (χ0v) is 12.6. The topological polar surface area (TPSA) is 24.9 Å². The van der Waals surface area contributed by atoms with E-state index in [9.17, 15) is 0 Å². The van der Waals surface area contributed by atoms with Crippen LogP contribution >= 0.6 is 11.6 Å². The van der Waals surface area contributed by atoms with Crippen LogP contribution in [0.1, 0.15) is 47.7 Å². The van der Waals surface area contributed by atoms with Crippen LogP contribution in [0.25, 0.3) is 0 Å². The molecule has 20 heavy (non-hydrogen) atoms. The van der Waals surface area contributed by atoms with Crippen LogP contribution in [0.4, 0.5) is 0 Å². The van der Waals surface area contributed by atoms with Crippen LogP contribution < -0.4 is 5.32 Å². The highest BCUT2D eigenvalue weighted by Gasteiger charge is 2.25. The van der Waals surface area contributed by atoms with E-state index >= 15 is 0 Å². The summed E-state index contributed by atoms with van der Waals surface area (Å²) in [5.74, 6) is 0.391. The Labute approximate surface area is 125 Å². The maximum Gasteiger partial charge on any atom is 0.0510 e. The first-order valence-corrected chi connectivity index (χ1v) is 7.49. The molecule has 1 aliphatic carbocycles. The minimum atomic E-state index is 0.269. The zero-order valence-electron chi connectivity index (χ0n) is 11.9. The quantitative estimate of drug-likeness (QED) is 0.919. The molecular formula is C17H19ClN2. The predicted octanol–water partition coefficient (Wildman–Crippen LogP) is 4.09. The summed E-state index contributed by atoms with van der Waals surface area (Å²) in [7, 11) is 1.95. The summed E-state index contributed by atoms with van der Waals surface area (Å²) in [4.78, 5) is 4.57. The van der Waals surface area contributed by atoms with Gasteiger partial charge in [-0.3, -0.25) is 4.98 Å². The van der Waals surface area contributed by atoms with E-state index in [0.717, 1.165) is 23.4 Å². The van der Waals surface area contributed by atoms with Crippen LogP contribution in [0.5, 0.6) is 0 Å². The number of pyridine rings is 1. The van der Waals surface area contributed by atoms with Crippen molar-refractivity contribution in [1.82, 2.24) is 10.3 Å². The number of fused-ring (bicyclic) bond motifs is 1. The standard InChI is InChI=1S/C17H19ClN2/c1-11(19-2)14-7-6-13(10-16(14)18)15-8-5-12-4-3-9-20-17(12)15/h3-4,6-7,9-11,15,19H,5,8H2,1-2H3. The fourth-order valence-electron chi connectivity index (χ4n) is 3.00. The van der Waals surface area contributed by atoms with E-state index in [1.54, 1.807) is 0 Å². The molecule has 0 fully saturated rings. The van der Waals surface area contributed by atoms with E-state index in [4.69, 9.17) is 11.6 Å².